The fourth-order valence-electron chi connectivity index (χ4n) is 1.86. The van der Waals surface area contributed by atoms with Gasteiger partial charge in [-0.05, 0) is 24.6 Å². The SMILES string of the molecule is CNC(CN(C)c1ccccc1)C(C)(C)C. The van der Waals surface area contributed by atoms with Crippen LogP contribution in [0, 0.1) is 5.41 Å². The molecule has 0 saturated heterocycles. The standard InChI is InChI=1S/C14H24N2/c1-14(2,3)13(15-4)11-16(5)12-9-7-6-8-10-12/h6-10,13,15H,11H2,1-5H3. The molecule has 2 heteroatoms. The maximum absolute atomic E-state index is 3.40. The highest BCUT2D eigenvalue weighted by Gasteiger charge is 2.24. The summed E-state index contributed by atoms with van der Waals surface area (Å²) in [6, 6.07) is 11.0. The van der Waals surface area contributed by atoms with Gasteiger partial charge in [-0.15, -0.1) is 0 Å². The van der Waals surface area contributed by atoms with E-state index >= 15 is 0 Å². The maximum Gasteiger partial charge on any atom is 0.0364 e. The smallest absolute Gasteiger partial charge is 0.0364 e. The van der Waals surface area contributed by atoms with E-state index < -0.39 is 0 Å². The molecule has 0 fully saturated rings. The van der Waals surface area contributed by atoms with Crippen molar-refractivity contribution >= 4 is 5.69 Å². The van der Waals surface area contributed by atoms with Crippen molar-refractivity contribution < 1.29 is 0 Å². The first-order valence-corrected chi connectivity index (χ1v) is 5.88. The van der Waals surface area contributed by atoms with Crippen LogP contribution in [0.25, 0.3) is 0 Å². The van der Waals surface area contributed by atoms with Crippen LogP contribution in [-0.2, 0) is 0 Å². The molecule has 0 bridgehead atoms. The van der Waals surface area contributed by atoms with E-state index in [4.69, 9.17) is 0 Å². The molecular weight excluding hydrogens is 196 g/mol. The second-order valence-corrected chi connectivity index (χ2v) is 5.42. The molecule has 0 aliphatic rings. The number of benzene rings is 1. The summed E-state index contributed by atoms with van der Waals surface area (Å²) in [6.07, 6.45) is 0. The molecule has 0 spiro atoms. The third-order valence-corrected chi connectivity index (χ3v) is 3.05. The Kier molecular flexibility index (Phi) is 4.36. The van der Waals surface area contributed by atoms with Crippen molar-refractivity contribution in [3.8, 4) is 0 Å². The van der Waals surface area contributed by atoms with Crippen LogP contribution < -0.4 is 10.2 Å². The van der Waals surface area contributed by atoms with E-state index in [2.05, 4.69) is 68.4 Å². The van der Waals surface area contributed by atoms with Gasteiger partial charge < -0.3 is 10.2 Å². The van der Waals surface area contributed by atoms with E-state index in [1.54, 1.807) is 0 Å². The molecule has 0 radical (unpaired) electrons. The molecule has 1 atom stereocenters. The summed E-state index contributed by atoms with van der Waals surface area (Å²) in [4.78, 5) is 2.30. The van der Waals surface area contributed by atoms with Crippen LogP contribution in [0.2, 0.25) is 0 Å². The zero-order chi connectivity index (χ0) is 12.2. The summed E-state index contributed by atoms with van der Waals surface area (Å²) in [5.41, 5.74) is 1.55. The van der Waals surface area contributed by atoms with Gasteiger partial charge in [-0.1, -0.05) is 39.0 Å². The summed E-state index contributed by atoms with van der Waals surface area (Å²) < 4.78 is 0. The molecule has 90 valence electrons. The lowest BCUT2D eigenvalue weighted by molar-refractivity contribution is 0.285. The van der Waals surface area contributed by atoms with Gasteiger partial charge in [-0.2, -0.15) is 0 Å². The summed E-state index contributed by atoms with van der Waals surface area (Å²) >= 11 is 0. The van der Waals surface area contributed by atoms with Crippen molar-refractivity contribution in [1.29, 1.82) is 0 Å². The molecule has 0 aliphatic heterocycles. The van der Waals surface area contributed by atoms with Crippen LogP contribution in [0.5, 0.6) is 0 Å². The number of para-hydroxylation sites is 1. The monoisotopic (exact) mass is 220 g/mol. The number of rotatable bonds is 4. The van der Waals surface area contributed by atoms with Crippen LogP contribution in [0.4, 0.5) is 5.69 Å². The van der Waals surface area contributed by atoms with Crippen molar-refractivity contribution in [2.24, 2.45) is 5.41 Å². The zero-order valence-electron chi connectivity index (χ0n) is 11.1. The van der Waals surface area contributed by atoms with E-state index in [1.165, 1.54) is 5.69 Å². The number of likely N-dealkylation sites (N-methyl/N-ethyl adjacent to an activating group) is 2. The van der Waals surface area contributed by atoms with Crippen molar-refractivity contribution in [1.82, 2.24) is 5.32 Å². The molecule has 2 nitrogen and oxygen atoms in total. The average Bonchev–Trinajstić information content (AvgIpc) is 2.25. The topological polar surface area (TPSA) is 15.3 Å². The molecule has 1 aromatic rings. The Labute approximate surface area is 99.7 Å². The highest BCUT2D eigenvalue weighted by atomic mass is 15.1. The van der Waals surface area contributed by atoms with Gasteiger partial charge in [0, 0.05) is 25.3 Å². The van der Waals surface area contributed by atoms with Crippen LogP contribution in [-0.4, -0.2) is 26.7 Å². The number of hydrogen-bond donors (Lipinski definition) is 1. The van der Waals surface area contributed by atoms with Crippen LogP contribution in [0.15, 0.2) is 30.3 Å². The normalized spacial score (nSPS) is 13.6. The Morgan fingerprint density at radius 1 is 1.19 bits per heavy atom. The van der Waals surface area contributed by atoms with Gasteiger partial charge in [0.2, 0.25) is 0 Å². The molecule has 1 N–H and O–H groups in total. The van der Waals surface area contributed by atoms with Gasteiger partial charge in [-0.25, -0.2) is 0 Å². The second kappa shape index (κ2) is 5.35. The predicted octanol–water partition coefficient (Wildman–Crippen LogP) is 2.76. The van der Waals surface area contributed by atoms with E-state index in [0.29, 0.717) is 6.04 Å². The highest BCUT2D eigenvalue weighted by molar-refractivity contribution is 5.45. The summed E-state index contributed by atoms with van der Waals surface area (Å²) in [5.74, 6) is 0. The summed E-state index contributed by atoms with van der Waals surface area (Å²) in [5, 5.41) is 3.40. The Balaban J connectivity index is 2.67. The van der Waals surface area contributed by atoms with Gasteiger partial charge in [-0.3, -0.25) is 0 Å². The Hall–Kier alpha value is -1.02. The Bertz CT molecular complexity index is 300. The third kappa shape index (κ3) is 3.53. The van der Waals surface area contributed by atoms with Gasteiger partial charge >= 0.3 is 0 Å². The van der Waals surface area contributed by atoms with Gasteiger partial charge in [0.25, 0.3) is 0 Å². The van der Waals surface area contributed by atoms with Crippen molar-refractivity contribution in [3.63, 3.8) is 0 Å². The number of nitrogens with one attached hydrogen (secondary N) is 1. The molecule has 1 aromatic carbocycles. The Morgan fingerprint density at radius 2 is 1.75 bits per heavy atom. The van der Waals surface area contributed by atoms with Crippen molar-refractivity contribution in [3.05, 3.63) is 30.3 Å². The molecular formula is C14H24N2. The van der Waals surface area contributed by atoms with E-state index in [1.807, 2.05) is 7.05 Å². The molecule has 0 heterocycles. The highest BCUT2D eigenvalue weighted by Crippen LogP contribution is 2.21. The number of nitrogens with zero attached hydrogens (tertiary/aromatic N) is 1. The van der Waals surface area contributed by atoms with Gasteiger partial charge in [0.05, 0.1) is 0 Å². The van der Waals surface area contributed by atoms with Gasteiger partial charge in [0.1, 0.15) is 0 Å². The van der Waals surface area contributed by atoms with Crippen LogP contribution >= 0.6 is 0 Å². The van der Waals surface area contributed by atoms with Crippen molar-refractivity contribution in [2.75, 3.05) is 25.5 Å². The first-order chi connectivity index (χ1) is 7.45. The largest absolute Gasteiger partial charge is 0.373 e. The first-order valence-electron chi connectivity index (χ1n) is 5.88. The molecule has 1 rings (SSSR count). The van der Waals surface area contributed by atoms with Crippen LogP contribution in [0.1, 0.15) is 20.8 Å². The quantitative estimate of drug-likeness (QED) is 0.839. The maximum atomic E-state index is 3.40. The fraction of sp³-hybridized carbons (Fsp3) is 0.571. The zero-order valence-corrected chi connectivity index (χ0v) is 11.1. The summed E-state index contributed by atoms with van der Waals surface area (Å²) in [6.45, 7) is 7.83. The van der Waals surface area contributed by atoms with Crippen LogP contribution in [0.3, 0.4) is 0 Å². The Morgan fingerprint density at radius 3 is 2.19 bits per heavy atom. The van der Waals surface area contributed by atoms with Gasteiger partial charge in [0.15, 0.2) is 0 Å². The molecule has 0 aromatic heterocycles. The second-order valence-electron chi connectivity index (χ2n) is 5.42. The minimum Gasteiger partial charge on any atom is -0.373 e. The number of anilines is 1. The molecule has 0 amide bonds. The van der Waals surface area contributed by atoms with E-state index in [-0.39, 0.29) is 5.41 Å². The summed E-state index contributed by atoms with van der Waals surface area (Å²) in [7, 11) is 4.18. The molecule has 0 saturated carbocycles. The predicted molar refractivity (Wildman–Crippen MR) is 72.0 cm³/mol. The third-order valence-electron chi connectivity index (χ3n) is 3.05. The minimum atomic E-state index is 0.276. The first kappa shape index (κ1) is 13.0. The van der Waals surface area contributed by atoms with Crippen molar-refractivity contribution in [2.45, 2.75) is 26.8 Å². The lowest BCUT2D eigenvalue weighted by Crippen LogP contribution is -2.46. The molecule has 1 unspecified atom stereocenters. The minimum absolute atomic E-state index is 0.276. The average molecular weight is 220 g/mol. The molecule has 0 aliphatic carbocycles. The van der Waals surface area contributed by atoms with E-state index in [0.717, 1.165) is 6.54 Å². The lowest BCUT2D eigenvalue weighted by Gasteiger charge is -2.34. The lowest BCUT2D eigenvalue weighted by atomic mass is 9.86. The molecule has 16 heavy (non-hydrogen) atoms. The number of hydrogen-bond acceptors (Lipinski definition) is 2. The van der Waals surface area contributed by atoms with E-state index in [9.17, 15) is 0 Å². The fourth-order valence-corrected chi connectivity index (χ4v) is 1.86.